The number of hydrogen-bond acceptors (Lipinski definition) is 6. The van der Waals surface area contributed by atoms with E-state index in [1.165, 1.54) is 35.4 Å². The highest BCUT2D eigenvalue weighted by molar-refractivity contribution is 5.98. The van der Waals surface area contributed by atoms with Crippen LogP contribution in [0.4, 0.5) is 10.1 Å². The minimum absolute atomic E-state index is 0.0486. The summed E-state index contributed by atoms with van der Waals surface area (Å²) in [5.41, 5.74) is 1.02. The number of nitrogens with zero attached hydrogens (tertiary/aromatic N) is 2. The smallest absolute Gasteiger partial charge is 0.247 e. The molecule has 1 N–H and O–H groups in total. The van der Waals surface area contributed by atoms with E-state index in [1.807, 2.05) is 0 Å². The van der Waals surface area contributed by atoms with Gasteiger partial charge in [0.15, 0.2) is 23.1 Å². The molecule has 0 saturated heterocycles. The molecule has 3 aromatic rings. The molecule has 0 aliphatic carbocycles. The number of fused-ring (bicyclic) bond motifs is 1. The monoisotopic (exact) mass is 477 g/mol. The van der Waals surface area contributed by atoms with E-state index in [4.69, 9.17) is 14.2 Å². The van der Waals surface area contributed by atoms with E-state index in [0.717, 1.165) is 0 Å². The van der Waals surface area contributed by atoms with Crippen LogP contribution in [0.15, 0.2) is 67.0 Å². The van der Waals surface area contributed by atoms with Gasteiger partial charge >= 0.3 is 0 Å². The number of benzene rings is 2. The fourth-order valence-electron chi connectivity index (χ4n) is 3.35. The Morgan fingerprint density at radius 2 is 1.97 bits per heavy atom. The molecule has 1 aromatic heterocycles. The van der Waals surface area contributed by atoms with E-state index >= 15 is 0 Å². The Morgan fingerprint density at radius 3 is 2.71 bits per heavy atom. The van der Waals surface area contributed by atoms with Gasteiger partial charge in [0.1, 0.15) is 25.5 Å². The van der Waals surface area contributed by atoms with Crippen LogP contribution in [-0.2, 0) is 9.59 Å². The maximum absolute atomic E-state index is 14.4. The molecule has 1 aliphatic rings. The van der Waals surface area contributed by atoms with E-state index in [0.29, 0.717) is 48.3 Å². The normalized spacial score (nSPS) is 12.3. The highest BCUT2D eigenvalue weighted by atomic mass is 19.1. The third-order valence-electron chi connectivity index (χ3n) is 5.09. The fraction of sp³-hybridized carbons (Fsp3) is 0.192. The van der Waals surface area contributed by atoms with Gasteiger partial charge in [-0.15, -0.1) is 0 Å². The van der Waals surface area contributed by atoms with Crippen molar-refractivity contribution in [3.63, 3.8) is 0 Å². The molecule has 9 heteroatoms. The minimum Gasteiger partial charge on any atom is -0.486 e. The average molecular weight is 477 g/mol. The zero-order chi connectivity index (χ0) is 24.6. The number of carbonyl (C=O) groups is 2. The number of amides is 2. The lowest BCUT2D eigenvalue weighted by Crippen LogP contribution is -2.36. The van der Waals surface area contributed by atoms with Crippen molar-refractivity contribution in [1.82, 2.24) is 9.88 Å². The van der Waals surface area contributed by atoms with E-state index < -0.39 is 5.82 Å². The van der Waals surface area contributed by atoms with Crippen LogP contribution in [0.2, 0.25) is 0 Å². The van der Waals surface area contributed by atoms with E-state index in [1.54, 1.807) is 49.5 Å². The van der Waals surface area contributed by atoms with E-state index in [9.17, 15) is 14.0 Å². The Morgan fingerprint density at radius 1 is 1.14 bits per heavy atom. The Balaban J connectivity index is 1.34. The molecule has 2 heterocycles. The zero-order valence-electron chi connectivity index (χ0n) is 19.1. The first kappa shape index (κ1) is 23.7. The fourth-order valence-corrected chi connectivity index (χ4v) is 3.35. The van der Waals surface area contributed by atoms with Crippen LogP contribution < -0.4 is 19.5 Å². The van der Waals surface area contributed by atoms with Gasteiger partial charge < -0.3 is 24.4 Å². The summed E-state index contributed by atoms with van der Waals surface area (Å²) in [7, 11) is 0. The van der Waals surface area contributed by atoms with Gasteiger partial charge in [-0.2, -0.15) is 0 Å². The Labute approximate surface area is 201 Å². The highest BCUT2D eigenvalue weighted by Crippen LogP contribution is 2.32. The predicted molar refractivity (Wildman–Crippen MR) is 128 cm³/mol. The molecule has 0 bridgehead atoms. The first-order chi connectivity index (χ1) is 17.0. The maximum Gasteiger partial charge on any atom is 0.247 e. The molecule has 35 heavy (non-hydrogen) atoms. The standard InChI is InChI=1S/C26H24FN3O5/c1-2-30(17-25(31)29-19-7-9-23-24(15-19)34-13-12-33-23)26(32)10-6-18-5-8-22(21(27)14-18)35-20-4-3-11-28-16-20/h3-11,14-16H,2,12-13,17H2,1H3,(H,29,31)/b10-6+. The Kier molecular flexibility index (Phi) is 7.57. The molecular weight excluding hydrogens is 453 g/mol. The lowest BCUT2D eigenvalue weighted by atomic mass is 10.2. The van der Waals surface area contributed by atoms with Crippen molar-refractivity contribution in [3.05, 3.63) is 78.4 Å². The van der Waals surface area contributed by atoms with Gasteiger partial charge in [-0.05, 0) is 55.0 Å². The summed E-state index contributed by atoms with van der Waals surface area (Å²) in [5.74, 6) is 0.344. The molecule has 0 unspecified atom stereocenters. The third-order valence-corrected chi connectivity index (χ3v) is 5.09. The molecule has 0 atom stereocenters. The van der Waals surface area contributed by atoms with Crippen LogP contribution in [0.3, 0.4) is 0 Å². The van der Waals surface area contributed by atoms with Gasteiger partial charge in [0.2, 0.25) is 11.8 Å². The summed E-state index contributed by atoms with van der Waals surface area (Å²) in [5, 5.41) is 2.76. The summed E-state index contributed by atoms with van der Waals surface area (Å²) < 4.78 is 30.9. The SMILES string of the molecule is CCN(CC(=O)Nc1ccc2c(c1)OCCO2)C(=O)/C=C/c1ccc(Oc2cccnc2)c(F)c1. The Bertz CT molecular complexity index is 1230. The molecule has 4 rings (SSSR count). The number of likely N-dealkylation sites (N-methyl/N-ethyl adjacent to an activating group) is 1. The van der Waals surface area contributed by atoms with Crippen molar-refractivity contribution >= 4 is 23.6 Å². The molecule has 0 fully saturated rings. The van der Waals surface area contributed by atoms with Crippen molar-refractivity contribution in [2.45, 2.75) is 6.92 Å². The molecule has 8 nitrogen and oxygen atoms in total. The van der Waals surface area contributed by atoms with Crippen molar-refractivity contribution in [2.75, 3.05) is 31.6 Å². The number of carbonyl (C=O) groups excluding carboxylic acids is 2. The third kappa shape index (κ3) is 6.35. The van der Waals surface area contributed by atoms with Gasteiger partial charge in [-0.3, -0.25) is 14.6 Å². The van der Waals surface area contributed by atoms with Gasteiger partial charge in [0, 0.05) is 30.6 Å². The van der Waals surface area contributed by atoms with E-state index in [-0.39, 0.29) is 24.1 Å². The molecule has 0 spiro atoms. The number of halogens is 1. The lowest BCUT2D eigenvalue weighted by Gasteiger charge is -2.20. The maximum atomic E-state index is 14.4. The molecule has 180 valence electrons. The molecular formula is C26H24FN3O5. The van der Waals surface area contributed by atoms with Crippen molar-refractivity contribution in [3.8, 4) is 23.0 Å². The second kappa shape index (κ2) is 11.1. The number of anilines is 1. The van der Waals surface area contributed by atoms with Crippen molar-refractivity contribution in [1.29, 1.82) is 0 Å². The van der Waals surface area contributed by atoms with Crippen LogP contribution in [0.5, 0.6) is 23.0 Å². The second-order valence-corrected chi connectivity index (χ2v) is 7.57. The molecule has 2 aromatic carbocycles. The first-order valence-electron chi connectivity index (χ1n) is 11.1. The zero-order valence-corrected chi connectivity index (χ0v) is 19.1. The predicted octanol–water partition coefficient (Wildman–Crippen LogP) is 4.28. The second-order valence-electron chi connectivity index (χ2n) is 7.57. The average Bonchev–Trinajstić information content (AvgIpc) is 2.88. The van der Waals surface area contributed by atoms with Crippen LogP contribution in [0.25, 0.3) is 6.08 Å². The largest absolute Gasteiger partial charge is 0.486 e. The van der Waals surface area contributed by atoms with Crippen molar-refractivity contribution in [2.24, 2.45) is 0 Å². The lowest BCUT2D eigenvalue weighted by molar-refractivity contribution is -0.130. The number of nitrogens with one attached hydrogen (secondary N) is 1. The Hall–Kier alpha value is -4.40. The van der Waals surface area contributed by atoms with Crippen LogP contribution in [0.1, 0.15) is 12.5 Å². The van der Waals surface area contributed by atoms with Crippen LogP contribution >= 0.6 is 0 Å². The van der Waals surface area contributed by atoms with Gasteiger partial charge in [0.05, 0.1) is 6.20 Å². The van der Waals surface area contributed by atoms with Crippen LogP contribution in [-0.4, -0.2) is 48.0 Å². The molecule has 1 aliphatic heterocycles. The molecule has 2 amide bonds. The van der Waals surface area contributed by atoms with Crippen LogP contribution in [0, 0.1) is 5.82 Å². The van der Waals surface area contributed by atoms with Gasteiger partial charge in [0.25, 0.3) is 0 Å². The van der Waals surface area contributed by atoms with Gasteiger partial charge in [-0.1, -0.05) is 6.07 Å². The summed E-state index contributed by atoms with van der Waals surface area (Å²) in [6, 6.07) is 12.8. The summed E-state index contributed by atoms with van der Waals surface area (Å²) >= 11 is 0. The first-order valence-corrected chi connectivity index (χ1v) is 11.1. The summed E-state index contributed by atoms with van der Waals surface area (Å²) in [6.07, 6.45) is 5.86. The van der Waals surface area contributed by atoms with E-state index in [2.05, 4.69) is 10.3 Å². The topological polar surface area (TPSA) is 90.0 Å². The number of hydrogen-bond donors (Lipinski definition) is 1. The van der Waals surface area contributed by atoms with Crippen molar-refractivity contribution < 1.29 is 28.2 Å². The number of rotatable bonds is 8. The number of ether oxygens (including phenoxy) is 3. The summed E-state index contributed by atoms with van der Waals surface area (Å²) in [4.78, 5) is 30.4. The quantitative estimate of drug-likeness (QED) is 0.487. The molecule has 0 saturated carbocycles. The number of pyridine rings is 1. The highest BCUT2D eigenvalue weighted by Gasteiger charge is 2.16. The molecule has 0 radical (unpaired) electrons. The van der Waals surface area contributed by atoms with Gasteiger partial charge in [-0.25, -0.2) is 4.39 Å². The number of aromatic nitrogens is 1. The minimum atomic E-state index is -0.574. The summed E-state index contributed by atoms with van der Waals surface area (Å²) in [6.45, 7) is 2.88.